The van der Waals surface area contributed by atoms with E-state index in [0.29, 0.717) is 16.8 Å². The molecule has 1 aromatic heterocycles. The molecule has 0 aliphatic rings. The predicted octanol–water partition coefficient (Wildman–Crippen LogP) is 3.41. The van der Waals surface area contributed by atoms with Gasteiger partial charge in [-0.1, -0.05) is 0 Å². The van der Waals surface area contributed by atoms with Crippen LogP contribution in [0.5, 0.6) is 5.75 Å². The molecule has 138 valence electrons. The van der Waals surface area contributed by atoms with E-state index in [2.05, 4.69) is 4.98 Å². The Balaban J connectivity index is 2.19. The average Bonchev–Trinajstić information content (AvgIpc) is 2.88. The number of carbonyl (C=O) groups excluding carboxylic acids is 3. The number of esters is 1. The van der Waals surface area contributed by atoms with Gasteiger partial charge in [-0.05, 0) is 51.5 Å². The first-order chi connectivity index (χ1) is 12.2. The van der Waals surface area contributed by atoms with Crippen LogP contribution in [0.2, 0.25) is 0 Å². The SMILES string of the molecule is COc1ccc(C(=O)O[C@H](C)C(=O)c2[nH]c(C)c(C(C)=O)c2C)cc1F. The summed E-state index contributed by atoms with van der Waals surface area (Å²) in [5.41, 5.74) is 1.72. The zero-order valence-electron chi connectivity index (χ0n) is 15.2. The molecule has 0 aliphatic carbocycles. The maximum atomic E-state index is 13.7. The van der Waals surface area contributed by atoms with Crippen LogP contribution in [0.1, 0.15) is 56.3 Å². The number of methoxy groups -OCH3 is 1. The van der Waals surface area contributed by atoms with Gasteiger partial charge < -0.3 is 14.5 Å². The molecule has 0 unspecified atom stereocenters. The molecular formula is C19H20FNO5. The Labute approximate surface area is 150 Å². The van der Waals surface area contributed by atoms with E-state index < -0.39 is 23.7 Å². The maximum absolute atomic E-state index is 13.7. The number of hydrogen-bond donors (Lipinski definition) is 1. The van der Waals surface area contributed by atoms with E-state index in [4.69, 9.17) is 9.47 Å². The normalized spacial score (nSPS) is 11.8. The highest BCUT2D eigenvalue weighted by atomic mass is 19.1. The first-order valence-corrected chi connectivity index (χ1v) is 7.96. The number of nitrogens with one attached hydrogen (secondary N) is 1. The van der Waals surface area contributed by atoms with Crippen LogP contribution >= 0.6 is 0 Å². The van der Waals surface area contributed by atoms with E-state index in [1.807, 2.05) is 0 Å². The summed E-state index contributed by atoms with van der Waals surface area (Å²) in [5, 5.41) is 0. The number of Topliss-reactive ketones (excluding diaryl/α,β-unsaturated/α-hetero) is 2. The molecule has 1 aromatic carbocycles. The average molecular weight is 361 g/mol. The Hall–Kier alpha value is -2.96. The minimum absolute atomic E-state index is 0.0000717. The van der Waals surface area contributed by atoms with E-state index in [1.54, 1.807) is 13.8 Å². The van der Waals surface area contributed by atoms with Crippen molar-refractivity contribution in [1.29, 1.82) is 0 Å². The van der Waals surface area contributed by atoms with Crippen molar-refractivity contribution < 1.29 is 28.2 Å². The number of aryl methyl sites for hydroxylation is 1. The molecule has 0 bridgehead atoms. The highest BCUT2D eigenvalue weighted by Gasteiger charge is 2.26. The van der Waals surface area contributed by atoms with Crippen molar-refractivity contribution in [2.24, 2.45) is 0 Å². The quantitative estimate of drug-likeness (QED) is 0.629. The molecule has 0 spiro atoms. The Bertz CT molecular complexity index is 884. The highest BCUT2D eigenvalue weighted by molar-refractivity contribution is 6.05. The molecule has 0 amide bonds. The Kier molecular flexibility index (Phi) is 5.59. The molecule has 0 saturated heterocycles. The number of H-pyrrole nitrogens is 1. The van der Waals surface area contributed by atoms with Crippen molar-refractivity contribution in [3.05, 3.63) is 52.1 Å². The zero-order valence-corrected chi connectivity index (χ0v) is 15.2. The molecule has 0 radical (unpaired) electrons. The molecule has 1 heterocycles. The summed E-state index contributed by atoms with van der Waals surface area (Å²) in [5.74, 6) is -2.17. The van der Waals surface area contributed by atoms with Crippen LogP contribution in [0.15, 0.2) is 18.2 Å². The Morgan fingerprint density at radius 1 is 1.19 bits per heavy atom. The smallest absolute Gasteiger partial charge is 0.338 e. The van der Waals surface area contributed by atoms with Crippen LogP contribution in [0.3, 0.4) is 0 Å². The summed E-state index contributed by atoms with van der Waals surface area (Å²) < 4.78 is 23.6. The number of ketones is 2. The number of aromatic amines is 1. The van der Waals surface area contributed by atoms with Gasteiger partial charge in [0.25, 0.3) is 0 Å². The van der Waals surface area contributed by atoms with E-state index in [1.165, 1.54) is 33.1 Å². The summed E-state index contributed by atoms with van der Waals surface area (Å²) in [4.78, 5) is 39.3. The molecule has 0 fully saturated rings. The van der Waals surface area contributed by atoms with Crippen LogP contribution in [-0.4, -0.2) is 35.7 Å². The summed E-state index contributed by atoms with van der Waals surface area (Å²) in [6.07, 6.45) is -1.11. The summed E-state index contributed by atoms with van der Waals surface area (Å²) >= 11 is 0. The van der Waals surface area contributed by atoms with E-state index in [9.17, 15) is 18.8 Å². The number of hydrogen-bond acceptors (Lipinski definition) is 5. The molecule has 2 aromatic rings. The van der Waals surface area contributed by atoms with Gasteiger partial charge in [0.1, 0.15) is 0 Å². The van der Waals surface area contributed by atoms with Crippen molar-refractivity contribution in [1.82, 2.24) is 4.98 Å². The van der Waals surface area contributed by atoms with Gasteiger partial charge in [-0.25, -0.2) is 9.18 Å². The fourth-order valence-electron chi connectivity index (χ4n) is 2.80. The van der Waals surface area contributed by atoms with Crippen molar-refractivity contribution in [2.75, 3.05) is 7.11 Å². The minimum Gasteiger partial charge on any atom is -0.494 e. The van der Waals surface area contributed by atoms with Gasteiger partial charge in [0.2, 0.25) is 5.78 Å². The second kappa shape index (κ2) is 7.51. The van der Waals surface area contributed by atoms with Crippen molar-refractivity contribution >= 4 is 17.5 Å². The molecule has 2 rings (SSSR count). The van der Waals surface area contributed by atoms with Crippen molar-refractivity contribution in [2.45, 2.75) is 33.8 Å². The summed E-state index contributed by atoms with van der Waals surface area (Å²) in [7, 11) is 1.31. The van der Waals surface area contributed by atoms with Gasteiger partial charge in [-0.3, -0.25) is 9.59 Å². The molecule has 7 heteroatoms. The molecule has 0 aliphatic heterocycles. The van der Waals surface area contributed by atoms with E-state index in [-0.39, 0.29) is 22.8 Å². The topological polar surface area (TPSA) is 85.5 Å². The predicted molar refractivity (Wildman–Crippen MR) is 92.4 cm³/mol. The van der Waals surface area contributed by atoms with Crippen LogP contribution in [-0.2, 0) is 4.74 Å². The van der Waals surface area contributed by atoms with Crippen LogP contribution < -0.4 is 4.74 Å². The first-order valence-electron chi connectivity index (χ1n) is 7.96. The molecule has 26 heavy (non-hydrogen) atoms. The minimum atomic E-state index is -1.11. The lowest BCUT2D eigenvalue weighted by molar-refractivity contribution is 0.0316. The monoisotopic (exact) mass is 361 g/mol. The number of benzene rings is 1. The zero-order chi connectivity index (χ0) is 19.6. The van der Waals surface area contributed by atoms with Gasteiger partial charge in [-0.15, -0.1) is 0 Å². The highest BCUT2D eigenvalue weighted by Crippen LogP contribution is 2.22. The fraction of sp³-hybridized carbons (Fsp3) is 0.316. The number of ether oxygens (including phenoxy) is 2. The maximum Gasteiger partial charge on any atom is 0.338 e. The third-order valence-electron chi connectivity index (χ3n) is 4.08. The van der Waals surface area contributed by atoms with Crippen LogP contribution in [0.25, 0.3) is 0 Å². The fourth-order valence-corrected chi connectivity index (χ4v) is 2.80. The Morgan fingerprint density at radius 3 is 2.35 bits per heavy atom. The molecule has 0 saturated carbocycles. The molecular weight excluding hydrogens is 341 g/mol. The van der Waals surface area contributed by atoms with E-state index in [0.717, 1.165) is 6.07 Å². The van der Waals surface area contributed by atoms with Gasteiger partial charge in [0, 0.05) is 11.3 Å². The third kappa shape index (κ3) is 3.66. The standard InChI is InChI=1S/C19H20FNO5/c1-9-16(11(3)22)10(2)21-17(9)18(23)12(4)26-19(24)13-6-7-15(25-5)14(20)8-13/h6-8,12,21H,1-5H3/t12-/m1/s1. The van der Waals surface area contributed by atoms with Gasteiger partial charge in [0.15, 0.2) is 23.5 Å². The number of halogens is 1. The van der Waals surface area contributed by atoms with Crippen molar-refractivity contribution in [3.8, 4) is 5.75 Å². The summed E-state index contributed by atoms with van der Waals surface area (Å²) in [6, 6.07) is 3.63. The summed E-state index contributed by atoms with van der Waals surface area (Å²) in [6.45, 7) is 6.18. The lowest BCUT2D eigenvalue weighted by Gasteiger charge is -2.12. The van der Waals surface area contributed by atoms with Gasteiger partial charge in [-0.2, -0.15) is 0 Å². The number of rotatable bonds is 6. The lowest BCUT2D eigenvalue weighted by atomic mass is 10.0. The van der Waals surface area contributed by atoms with Crippen LogP contribution in [0, 0.1) is 19.7 Å². The largest absolute Gasteiger partial charge is 0.494 e. The second-order valence-electron chi connectivity index (χ2n) is 5.94. The van der Waals surface area contributed by atoms with Gasteiger partial charge in [0.05, 0.1) is 18.4 Å². The third-order valence-corrected chi connectivity index (χ3v) is 4.08. The number of carbonyl (C=O) groups is 3. The van der Waals surface area contributed by atoms with Crippen molar-refractivity contribution in [3.63, 3.8) is 0 Å². The van der Waals surface area contributed by atoms with Gasteiger partial charge >= 0.3 is 5.97 Å². The lowest BCUT2D eigenvalue weighted by Crippen LogP contribution is -2.25. The molecule has 1 N–H and O–H groups in total. The van der Waals surface area contributed by atoms with Crippen LogP contribution in [0.4, 0.5) is 4.39 Å². The van der Waals surface area contributed by atoms with E-state index >= 15 is 0 Å². The second-order valence-corrected chi connectivity index (χ2v) is 5.94. The number of aromatic nitrogens is 1. The molecule has 1 atom stereocenters. The molecule has 6 nitrogen and oxygen atoms in total. The first kappa shape index (κ1) is 19.4. The Morgan fingerprint density at radius 2 is 1.85 bits per heavy atom.